The lowest BCUT2D eigenvalue weighted by atomic mass is 10.1. The van der Waals surface area contributed by atoms with Gasteiger partial charge in [-0.3, -0.25) is 19.2 Å². The van der Waals surface area contributed by atoms with Crippen LogP contribution in [0.4, 0.5) is 5.69 Å². The number of carbonyl (C=O) groups is 4. The first kappa shape index (κ1) is 18.6. The summed E-state index contributed by atoms with van der Waals surface area (Å²) in [5, 5.41) is 2.70. The van der Waals surface area contributed by atoms with E-state index in [0.29, 0.717) is 37.4 Å². The van der Waals surface area contributed by atoms with Crippen molar-refractivity contribution < 1.29 is 19.2 Å². The second-order valence-corrected chi connectivity index (χ2v) is 6.07. The molecular weight excluding hydrogens is 322 g/mol. The molecule has 1 aromatic carbocycles. The summed E-state index contributed by atoms with van der Waals surface area (Å²) in [6.45, 7) is 5.05. The third-order valence-corrected chi connectivity index (χ3v) is 4.20. The molecule has 134 valence electrons. The van der Waals surface area contributed by atoms with Crippen molar-refractivity contribution in [3.8, 4) is 0 Å². The smallest absolute Gasteiger partial charge is 0.224 e. The predicted octanol–water partition coefficient (Wildman–Crippen LogP) is 1.30. The van der Waals surface area contributed by atoms with Crippen molar-refractivity contribution in [2.75, 3.05) is 31.5 Å². The summed E-state index contributed by atoms with van der Waals surface area (Å²) in [4.78, 5) is 50.2. The van der Waals surface area contributed by atoms with Gasteiger partial charge in [-0.05, 0) is 19.1 Å². The maximum absolute atomic E-state index is 12.2. The minimum absolute atomic E-state index is 0.0132. The number of anilines is 1. The van der Waals surface area contributed by atoms with E-state index >= 15 is 0 Å². The molecule has 0 atom stereocenters. The number of hydrogen-bond acceptors (Lipinski definition) is 4. The first-order chi connectivity index (χ1) is 11.9. The van der Waals surface area contributed by atoms with Gasteiger partial charge in [0.2, 0.25) is 17.7 Å². The largest absolute Gasteiger partial charge is 0.339 e. The van der Waals surface area contributed by atoms with Crippen LogP contribution in [0, 0.1) is 0 Å². The van der Waals surface area contributed by atoms with Gasteiger partial charge in [0.25, 0.3) is 0 Å². The van der Waals surface area contributed by atoms with E-state index in [1.807, 2.05) is 0 Å². The lowest BCUT2D eigenvalue weighted by molar-refractivity contribution is -0.138. The first-order valence-electron chi connectivity index (χ1n) is 8.31. The molecule has 0 aliphatic carbocycles. The van der Waals surface area contributed by atoms with E-state index in [1.165, 1.54) is 13.8 Å². The Bertz CT molecular complexity index is 679. The number of benzene rings is 1. The molecule has 7 nitrogen and oxygen atoms in total. The Kier molecular flexibility index (Phi) is 6.27. The van der Waals surface area contributed by atoms with Crippen molar-refractivity contribution >= 4 is 29.2 Å². The molecule has 2 rings (SSSR count). The summed E-state index contributed by atoms with van der Waals surface area (Å²) in [5.41, 5.74) is 1.07. The maximum atomic E-state index is 12.2. The molecule has 1 fully saturated rings. The van der Waals surface area contributed by atoms with Gasteiger partial charge in [-0.1, -0.05) is 12.1 Å². The molecule has 1 aromatic rings. The summed E-state index contributed by atoms with van der Waals surface area (Å²) in [7, 11) is 0. The number of hydrogen-bond donors (Lipinski definition) is 1. The zero-order chi connectivity index (χ0) is 18.4. The van der Waals surface area contributed by atoms with Crippen molar-refractivity contribution in [1.29, 1.82) is 0 Å². The second kappa shape index (κ2) is 8.41. The molecular formula is C18H23N3O4. The van der Waals surface area contributed by atoms with Crippen LogP contribution in [0.15, 0.2) is 24.3 Å². The van der Waals surface area contributed by atoms with Gasteiger partial charge in [-0.2, -0.15) is 0 Å². The molecule has 0 bridgehead atoms. The van der Waals surface area contributed by atoms with Crippen LogP contribution in [0.1, 0.15) is 37.0 Å². The molecule has 1 aliphatic heterocycles. The number of nitrogens with zero attached hydrogens (tertiary/aromatic N) is 2. The van der Waals surface area contributed by atoms with Crippen LogP contribution >= 0.6 is 0 Å². The molecule has 1 heterocycles. The summed E-state index contributed by atoms with van der Waals surface area (Å²) in [6.07, 6.45) is 0.203. The number of nitrogens with one attached hydrogen (secondary N) is 1. The van der Waals surface area contributed by atoms with Crippen molar-refractivity contribution in [3.05, 3.63) is 29.8 Å². The minimum atomic E-state index is -0.267. The third kappa shape index (κ3) is 5.41. The van der Waals surface area contributed by atoms with E-state index in [1.54, 1.807) is 34.1 Å². The van der Waals surface area contributed by atoms with Gasteiger partial charge in [-0.15, -0.1) is 0 Å². The highest BCUT2D eigenvalue weighted by molar-refractivity contribution is 5.97. The van der Waals surface area contributed by atoms with Gasteiger partial charge < -0.3 is 15.1 Å². The van der Waals surface area contributed by atoms with Crippen molar-refractivity contribution in [3.63, 3.8) is 0 Å². The Morgan fingerprint density at radius 2 is 1.60 bits per heavy atom. The van der Waals surface area contributed by atoms with E-state index in [0.717, 1.165) is 0 Å². The average molecular weight is 345 g/mol. The summed E-state index contributed by atoms with van der Waals surface area (Å²) >= 11 is 0. The standard InChI is InChI=1S/C18H23N3O4/c1-13(22)15-4-3-5-16(12-15)19-17(24)6-7-18(25)21-10-8-20(9-11-21)14(2)23/h3-5,12H,6-11H2,1-2H3,(H,19,24). The Labute approximate surface area is 147 Å². The Balaban J connectivity index is 1.78. The highest BCUT2D eigenvalue weighted by Gasteiger charge is 2.22. The minimum Gasteiger partial charge on any atom is -0.339 e. The molecule has 3 amide bonds. The lowest BCUT2D eigenvalue weighted by Crippen LogP contribution is -2.50. The summed E-state index contributed by atoms with van der Waals surface area (Å²) < 4.78 is 0. The molecule has 0 unspecified atom stereocenters. The molecule has 1 N–H and O–H groups in total. The lowest BCUT2D eigenvalue weighted by Gasteiger charge is -2.34. The molecule has 7 heteroatoms. The van der Waals surface area contributed by atoms with Crippen LogP contribution in [0.3, 0.4) is 0 Å². The molecule has 25 heavy (non-hydrogen) atoms. The zero-order valence-electron chi connectivity index (χ0n) is 14.6. The Morgan fingerprint density at radius 1 is 0.960 bits per heavy atom. The zero-order valence-corrected chi connectivity index (χ0v) is 14.6. The SMILES string of the molecule is CC(=O)c1cccc(NC(=O)CCC(=O)N2CCN(C(C)=O)CC2)c1. The van der Waals surface area contributed by atoms with Gasteiger partial charge in [0.1, 0.15) is 0 Å². The second-order valence-electron chi connectivity index (χ2n) is 6.07. The van der Waals surface area contributed by atoms with Gasteiger partial charge in [-0.25, -0.2) is 0 Å². The fourth-order valence-corrected chi connectivity index (χ4v) is 2.69. The third-order valence-electron chi connectivity index (χ3n) is 4.20. The molecule has 0 radical (unpaired) electrons. The van der Waals surface area contributed by atoms with Crippen LogP contribution in [0.25, 0.3) is 0 Å². The number of rotatable bonds is 5. The Hall–Kier alpha value is -2.70. The van der Waals surface area contributed by atoms with Crippen LogP contribution in [-0.4, -0.2) is 59.5 Å². The molecule has 0 aromatic heterocycles. The number of carbonyl (C=O) groups excluding carboxylic acids is 4. The van der Waals surface area contributed by atoms with Crippen molar-refractivity contribution in [2.45, 2.75) is 26.7 Å². The van der Waals surface area contributed by atoms with Crippen molar-refractivity contribution in [2.24, 2.45) is 0 Å². The molecule has 0 spiro atoms. The Morgan fingerprint density at radius 3 is 2.20 bits per heavy atom. The van der Waals surface area contributed by atoms with Crippen LogP contribution < -0.4 is 5.32 Å². The number of amides is 3. The van der Waals surface area contributed by atoms with Gasteiger partial charge in [0.05, 0.1) is 0 Å². The number of Topliss-reactive ketones (excluding diaryl/α,β-unsaturated/α-hetero) is 1. The molecule has 1 saturated heterocycles. The summed E-state index contributed by atoms with van der Waals surface area (Å²) in [6, 6.07) is 6.70. The normalized spacial score (nSPS) is 14.2. The van der Waals surface area contributed by atoms with Crippen molar-refractivity contribution in [1.82, 2.24) is 9.80 Å². The molecule has 1 aliphatic rings. The fourth-order valence-electron chi connectivity index (χ4n) is 2.69. The van der Waals surface area contributed by atoms with Crippen LogP contribution in [-0.2, 0) is 14.4 Å². The monoisotopic (exact) mass is 345 g/mol. The fraction of sp³-hybridized carbons (Fsp3) is 0.444. The van der Waals surface area contributed by atoms with Gasteiger partial charge in [0, 0.05) is 57.2 Å². The van der Waals surface area contributed by atoms with E-state index in [9.17, 15) is 19.2 Å². The highest BCUT2D eigenvalue weighted by atomic mass is 16.2. The van der Waals surface area contributed by atoms with Crippen LogP contribution in [0.5, 0.6) is 0 Å². The highest BCUT2D eigenvalue weighted by Crippen LogP contribution is 2.12. The quantitative estimate of drug-likeness (QED) is 0.815. The van der Waals surface area contributed by atoms with E-state index < -0.39 is 0 Å². The predicted molar refractivity (Wildman–Crippen MR) is 93.1 cm³/mol. The van der Waals surface area contributed by atoms with E-state index in [2.05, 4.69) is 5.32 Å². The van der Waals surface area contributed by atoms with E-state index in [4.69, 9.17) is 0 Å². The molecule has 0 saturated carbocycles. The number of ketones is 1. The first-order valence-corrected chi connectivity index (χ1v) is 8.31. The maximum Gasteiger partial charge on any atom is 0.224 e. The number of piperazine rings is 1. The van der Waals surface area contributed by atoms with Crippen LogP contribution in [0.2, 0.25) is 0 Å². The summed E-state index contributed by atoms with van der Waals surface area (Å²) in [5.74, 6) is -0.414. The van der Waals surface area contributed by atoms with Gasteiger partial charge >= 0.3 is 0 Å². The topological polar surface area (TPSA) is 86.8 Å². The average Bonchev–Trinajstić information content (AvgIpc) is 2.60. The van der Waals surface area contributed by atoms with E-state index in [-0.39, 0.29) is 36.3 Å². The van der Waals surface area contributed by atoms with Gasteiger partial charge in [0.15, 0.2) is 5.78 Å².